The Bertz CT molecular complexity index is 855. The van der Waals surface area contributed by atoms with Crippen molar-refractivity contribution in [2.75, 3.05) is 31.1 Å². The molecule has 1 fully saturated rings. The highest BCUT2D eigenvalue weighted by molar-refractivity contribution is 7.09. The molecule has 7 nitrogen and oxygen atoms in total. The monoisotopic (exact) mass is 382 g/mol. The van der Waals surface area contributed by atoms with Crippen LogP contribution in [0, 0.1) is 0 Å². The number of hydrogen-bond donors (Lipinski definition) is 0. The summed E-state index contributed by atoms with van der Waals surface area (Å²) in [5.74, 6) is 0.972. The number of carbonyl (C=O) groups excluding carboxylic acids is 1. The van der Waals surface area contributed by atoms with Crippen molar-refractivity contribution in [1.29, 1.82) is 0 Å². The molecular weight excluding hydrogens is 360 g/mol. The van der Waals surface area contributed by atoms with E-state index in [0.717, 1.165) is 37.6 Å². The Kier molecular flexibility index (Phi) is 5.43. The van der Waals surface area contributed by atoms with Gasteiger partial charge in [-0.15, -0.1) is 11.3 Å². The number of benzene rings is 1. The van der Waals surface area contributed by atoms with Crippen molar-refractivity contribution in [3.05, 3.63) is 52.7 Å². The van der Waals surface area contributed by atoms with Gasteiger partial charge in [-0.2, -0.15) is 4.68 Å². The van der Waals surface area contributed by atoms with Crippen LogP contribution in [0.1, 0.15) is 17.7 Å². The smallest absolute Gasteiger partial charge is 0.250 e. The maximum atomic E-state index is 12.5. The Hall–Kier alpha value is -2.74. The number of thiophene rings is 1. The van der Waals surface area contributed by atoms with Gasteiger partial charge in [-0.25, -0.2) is 0 Å². The van der Waals surface area contributed by atoms with Crippen molar-refractivity contribution in [2.24, 2.45) is 0 Å². The van der Waals surface area contributed by atoms with Crippen LogP contribution in [-0.4, -0.2) is 57.2 Å². The second-order valence-electron chi connectivity index (χ2n) is 6.53. The van der Waals surface area contributed by atoms with Crippen LogP contribution in [0.3, 0.4) is 0 Å². The summed E-state index contributed by atoms with van der Waals surface area (Å²) in [4.78, 5) is 17.9. The highest BCUT2D eigenvalue weighted by Gasteiger charge is 2.24. The number of para-hydroxylation sites is 1. The Labute approximate surface area is 162 Å². The minimum absolute atomic E-state index is 0.244. The van der Waals surface area contributed by atoms with Crippen LogP contribution in [-0.2, 0) is 11.2 Å². The van der Waals surface area contributed by atoms with Gasteiger partial charge in [-0.3, -0.25) is 4.79 Å². The van der Waals surface area contributed by atoms with E-state index in [1.807, 2.05) is 35.2 Å². The zero-order chi connectivity index (χ0) is 18.5. The van der Waals surface area contributed by atoms with Crippen LogP contribution in [0.25, 0.3) is 5.69 Å². The average molecular weight is 382 g/mol. The number of aromatic nitrogens is 4. The lowest BCUT2D eigenvalue weighted by Gasteiger charge is -2.34. The van der Waals surface area contributed by atoms with E-state index in [9.17, 15) is 4.79 Å². The molecular formula is C19H22N6OS. The molecule has 3 heterocycles. The van der Waals surface area contributed by atoms with Gasteiger partial charge in [-0.05, 0) is 46.8 Å². The van der Waals surface area contributed by atoms with Crippen LogP contribution >= 0.6 is 11.3 Å². The molecule has 2 aromatic heterocycles. The number of piperazine rings is 1. The summed E-state index contributed by atoms with van der Waals surface area (Å²) >= 11 is 1.76. The second kappa shape index (κ2) is 8.30. The standard InChI is InChI=1S/C19H22N6OS/c26-18(10-4-8-17-9-5-15-27-17)23-11-13-24(14-12-23)19-20-21-22-25(19)16-6-2-1-3-7-16/h1-3,5-7,9,15H,4,8,10-14H2. The number of anilines is 1. The fraction of sp³-hybridized carbons (Fsp3) is 0.368. The van der Waals surface area contributed by atoms with Gasteiger partial charge in [0, 0.05) is 37.5 Å². The van der Waals surface area contributed by atoms with Gasteiger partial charge in [0.15, 0.2) is 0 Å². The summed E-state index contributed by atoms with van der Waals surface area (Å²) in [5.41, 5.74) is 0.935. The molecule has 1 aromatic carbocycles. The van der Waals surface area contributed by atoms with Gasteiger partial charge in [0.1, 0.15) is 0 Å². The predicted octanol–water partition coefficient (Wildman–Crippen LogP) is 2.40. The Morgan fingerprint density at radius 2 is 1.85 bits per heavy atom. The minimum Gasteiger partial charge on any atom is -0.339 e. The van der Waals surface area contributed by atoms with Crippen LogP contribution in [0.4, 0.5) is 5.95 Å². The first kappa shape index (κ1) is 17.7. The maximum Gasteiger partial charge on any atom is 0.250 e. The molecule has 1 aliphatic rings. The molecule has 0 aliphatic carbocycles. The van der Waals surface area contributed by atoms with E-state index in [1.165, 1.54) is 4.88 Å². The first-order chi connectivity index (χ1) is 13.3. The van der Waals surface area contributed by atoms with Gasteiger partial charge in [-0.1, -0.05) is 29.4 Å². The number of rotatable bonds is 6. The lowest BCUT2D eigenvalue weighted by atomic mass is 10.2. The number of hydrogen-bond acceptors (Lipinski definition) is 6. The van der Waals surface area contributed by atoms with E-state index in [2.05, 4.69) is 37.9 Å². The van der Waals surface area contributed by atoms with Crippen molar-refractivity contribution in [2.45, 2.75) is 19.3 Å². The predicted molar refractivity (Wildman–Crippen MR) is 105 cm³/mol. The summed E-state index contributed by atoms with van der Waals surface area (Å²) in [5, 5.41) is 14.2. The largest absolute Gasteiger partial charge is 0.339 e. The van der Waals surface area contributed by atoms with Gasteiger partial charge in [0.05, 0.1) is 5.69 Å². The highest BCUT2D eigenvalue weighted by Crippen LogP contribution is 2.18. The molecule has 3 aromatic rings. The molecule has 0 saturated carbocycles. The summed E-state index contributed by atoms with van der Waals surface area (Å²) in [6.07, 6.45) is 2.50. The van der Waals surface area contributed by atoms with E-state index in [0.29, 0.717) is 19.5 Å². The minimum atomic E-state index is 0.244. The Balaban J connectivity index is 1.30. The SMILES string of the molecule is O=C(CCCc1cccs1)N1CCN(c2nnnn2-c2ccccc2)CC1. The van der Waals surface area contributed by atoms with Gasteiger partial charge < -0.3 is 9.80 Å². The van der Waals surface area contributed by atoms with Crippen molar-refractivity contribution in [3.8, 4) is 5.69 Å². The first-order valence-electron chi connectivity index (χ1n) is 9.20. The van der Waals surface area contributed by atoms with Crippen molar-refractivity contribution in [3.63, 3.8) is 0 Å². The average Bonchev–Trinajstić information content (AvgIpc) is 3.41. The molecule has 1 saturated heterocycles. The van der Waals surface area contributed by atoms with Crippen molar-refractivity contribution in [1.82, 2.24) is 25.1 Å². The third-order valence-electron chi connectivity index (χ3n) is 4.76. The van der Waals surface area contributed by atoms with E-state index < -0.39 is 0 Å². The van der Waals surface area contributed by atoms with Crippen LogP contribution in [0.5, 0.6) is 0 Å². The fourth-order valence-corrected chi connectivity index (χ4v) is 4.05. The molecule has 0 radical (unpaired) electrons. The summed E-state index contributed by atoms with van der Waals surface area (Å²) in [7, 11) is 0. The second-order valence-corrected chi connectivity index (χ2v) is 7.56. The number of tetrazole rings is 1. The number of carbonyl (C=O) groups is 1. The Morgan fingerprint density at radius 1 is 1.04 bits per heavy atom. The van der Waals surface area contributed by atoms with E-state index >= 15 is 0 Å². The lowest BCUT2D eigenvalue weighted by molar-refractivity contribution is -0.131. The molecule has 27 heavy (non-hydrogen) atoms. The molecule has 0 atom stereocenters. The highest BCUT2D eigenvalue weighted by atomic mass is 32.1. The summed E-state index contributed by atoms with van der Waals surface area (Å²) in [6, 6.07) is 14.0. The number of nitrogens with zero attached hydrogens (tertiary/aromatic N) is 6. The molecule has 0 spiro atoms. The normalized spacial score (nSPS) is 14.5. The zero-order valence-electron chi connectivity index (χ0n) is 15.1. The number of amides is 1. The lowest BCUT2D eigenvalue weighted by Crippen LogP contribution is -2.49. The molecule has 1 amide bonds. The van der Waals surface area contributed by atoms with E-state index in [-0.39, 0.29) is 5.91 Å². The molecule has 1 aliphatic heterocycles. The topological polar surface area (TPSA) is 67.2 Å². The van der Waals surface area contributed by atoms with Gasteiger partial charge >= 0.3 is 0 Å². The molecule has 0 N–H and O–H groups in total. The fourth-order valence-electron chi connectivity index (χ4n) is 3.30. The summed E-state index contributed by atoms with van der Waals surface area (Å²) in [6.45, 7) is 2.90. The molecule has 8 heteroatoms. The van der Waals surface area contributed by atoms with E-state index in [4.69, 9.17) is 0 Å². The molecule has 0 unspecified atom stereocenters. The van der Waals surface area contributed by atoms with Crippen LogP contribution in [0.15, 0.2) is 47.8 Å². The summed E-state index contributed by atoms with van der Waals surface area (Å²) < 4.78 is 1.75. The van der Waals surface area contributed by atoms with Crippen molar-refractivity contribution >= 4 is 23.2 Å². The Morgan fingerprint density at radius 3 is 2.59 bits per heavy atom. The quantitative estimate of drug-likeness (QED) is 0.655. The van der Waals surface area contributed by atoms with Crippen LogP contribution < -0.4 is 4.90 Å². The molecule has 4 rings (SSSR count). The zero-order valence-corrected chi connectivity index (χ0v) is 15.9. The maximum absolute atomic E-state index is 12.5. The van der Waals surface area contributed by atoms with Crippen LogP contribution in [0.2, 0.25) is 0 Å². The third-order valence-corrected chi connectivity index (χ3v) is 5.70. The van der Waals surface area contributed by atoms with Gasteiger partial charge in [0.25, 0.3) is 0 Å². The number of aryl methyl sites for hydroxylation is 1. The molecule has 140 valence electrons. The third kappa shape index (κ3) is 4.16. The van der Waals surface area contributed by atoms with Crippen molar-refractivity contribution < 1.29 is 4.79 Å². The first-order valence-corrected chi connectivity index (χ1v) is 10.1. The molecule has 0 bridgehead atoms. The van der Waals surface area contributed by atoms with Gasteiger partial charge in [0.2, 0.25) is 11.9 Å². The van der Waals surface area contributed by atoms with E-state index in [1.54, 1.807) is 16.0 Å².